The van der Waals surface area contributed by atoms with Gasteiger partial charge in [-0.25, -0.2) is 0 Å². The molecule has 5 heteroatoms. The van der Waals surface area contributed by atoms with Crippen LogP contribution in [0.4, 0.5) is 5.69 Å². The van der Waals surface area contributed by atoms with Crippen molar-refractivity contribution in [2.24, 2.45) is 0 Å². The molecule has 0 spiro atoms. The third-order valence-corrected chi connectivity index (χ3v) is 6.19. The van der Waals surface area contributed by atoms with Gasteiger partial charge in [0.1, 0.15) is 0 Å². The molecular formula is C28H30N4O. The molecule has 1 aliphatic rings. The minimum Gasteiger partial charge on any atom is -0.369 e. The van der Waals surface area contributed by atoms with Gasteiger partial charge in [-0.15, -0.1) is 0 Å². The van der Waals surface area contributed by atoms with E-state index in [1.165, 1.54) is 11.3 Å². The molecule has 1 N–H and O–H groups in total. The second kappa shape index (κ2) is 10.8. The summed E-state index contributed by atoms with van der Waals surface area (Å²) in [6.07, 6.45) is 0.910. The highest BCUT2D eigenvalue weighted by atomic mass is 16.1. The normalized spacial score (nSPS) is 14.0. The Kier molecular flexibility index (Phi) is 7.39. The molecule has 0 aliphatic carbocycles. The van der Waals surface area contributed by atoms with Crippen LogP contribution in [-0.2, 0) is 0 Å². The van der Waals surface area contributed by atoms with Crippen molar-refractivity contribution in [1.82, 2.24) is 10.2 Å². The summed E-state index contributed by atoms with van der Waals surface area (Å²) >= 11 is 0. The Labute approximate surface area is 196 Å². The van der Waals surface area contributed by atoms with Crippen molar-refractivity contribution in [2.45, 2.75) is 13.3 Å². The summed E-state index contributed by atoms with van der Waals surface area (Å²) in [5.74, 6) is -0.0948. The van der Waals surface area contributed by atoms with Crippen LogP contribution in [0.2, 0.25) is 0 Å². The third-order valence-electron chi connectivity index (χ3n) is 6.19. The topological polar surface area (TPSA) is 59.4 Å². The summed E-state index contributed by atoms with van der Waals surface area (Å²) in [6.45, 7) is 7.87. The van der Waals surface area contributed by atoms with E-state index in [4.69, 9.17) is 0 Å². The maximum absolute atomic E-state index is 12.9. The third kappa shape index (κ3) is 5.60. The number of hydrogen-bond donors (Lipinski definition) is 1. The average molecular weight is 439 g/mol. The van der Waals surface area contributed by atoms with Crippen LogP contribution in [0.25, 0.3) is 11.1 Å². The first kappa shape index (κ1) is 22.6. The minimum atomic E-state index is -0.0948. The highest BCUT2D eigenvalue weighted by Crippen LogP contribution is 2.26. The van der Waals surface area contributed by atoms with Crippen LogP contribution < -0.4 is 10.2 Å². The molecule has 0 unspecified atom stereocenters. The van der Waals surface area contributed by atoms with E-state index < -0.39 is 0 Å². The van der Waals surface area contributed by atoms with E-state index >= 15 is 0 Å². The lowest BCUT2D eigenvalue weighted by molar-refractivity contribution is 0.0952. The van der Waals surface area contributed by atoms with Crippen LogP contribution >= 0.6 is 0 Å². The lowest BCUT2D eigenvalue weighted by atomic mass is 9.95. The van der Waals surface area contributed by atoms with Crippen molar-refractivity contribution in [3.05, 3.63) is 89.5 Å². The molecule has 4 rings (SSSR count). The molecule has 0 atom stereocenters. The largest absolute Gasteiger partial charge is 0.369 e. The Hall–Kier alpha value is -3.62. The lowest BCUT2D eigenvalue weighted by Crippen LogP contribution is -2.47. The first-order chi connectivity index (χ1) is 16.2. The second-order valence-electron chi connectivity index (χ2n) is 8.48. The number of hydrogen-bond acceptors (Lipinski definition) is 4. The van der Waals surface area contributed by atoms with Crippen LogP contribution in [-0.4, -0.2) is 50.1 Å². The number of carbonyl (C=O) groups is 1. The fourth-order valence-electron chi connectivity index (χ4n) is 4.39. The van der Waals surface area contributed by atoms with Crippen molar-refractivity contribution in [2.75, 3.05) is 44.2 Å². The van der Waals surface area contributed by atoms with Gasteiger partial charge in [0.2, 0.25) is 0 Å². The lowest BCUT2D eigenvalue weighted by Gasteiger charge is -2.36. The molecular weight excluding hydrogens is 408 g/mol. The SMILES string of the molecule is Cc1cccc(N2CCN(CCCNC(=O)c3ccccc3-c3ccccc3C#N)CC2)c1. The van der Waals surface area contributed by atoms with Gasteiger partial charge in [-0.05, 0) is 55.3 Å². The summed E-state index contributed by atoms with van der Waals surface area (Å²) < 4.78 is 0. The second-order valence-corrected chi connectivity index (χ2v) is 8.48. The van der Waals surface area contributed by atoms with Gasteiger partial charge in [-0.1, -0.05) is 48.5 Å². The Morgan fingerprint density at radius 2 is 1.67 bits per heavy atom. The maximum atomic E-state index is 12.9. The summed E-state index contributed by atoms with van der Waals surface area (Å²) in [5, 5.41) is 12.5. The molecule has 0 bridgehead atoms. The summed E-state index contributed by atoms with van der Waals surface area (Å²) in [5.41, 5.74) is 5.35. The van der Waals surface area contributed by atoms with Gasteiger partial charge in [0, 0.05) is 49.5 Å². The standard InChI is InChI=1S/C28H30N4O/c1-22-8-6-10-24(20-22)32-18-16-31(17-19-32)15-7-14-30-28(33)27-13-5-4-12-26(27)25-11-3-2-9-23(25)21-29/h2-6,8-13,20H,7,14-19H2,1H3,(H,30,33). The Balaban J connectivity index is 1.27. The molecule has 1 aliphatic heterocycles. The van der Waals surface area contributed by atoms with Crippen molar-refractivity contribution < 1.29 is 4.79 Å². The molecule has 33 heavy (non-hydrogen) atoms. The molecule has 168 valence electrons. The summed E-state index contributed by atoms with van der Waals surface area (Å²) in [6, 6.07) is 25.8. The molecule has 1 amide bonds. The molecule has 0 radical (unpaired) electrons. The number of nitrogens with one attached hydrogen (secondary N) is 1. The van der Waals surface area contributed by atoms with E-state index in [2.05, 4.69) is 52.4 Å². The molecule has 0 aromatic heterocycles. The molecule has 0 saturated carbocycles. The Morgan fingerprint density at radius 1 is 0.939 bits per heavy atom. The number of carbonyl (C=O) groups excluding carboxylic acids is 1. The zero-order valence-electron chi connectivity index (χ0n) is 19.1. The summed E-state index contributed by atoms with van der Waals surface area (Å²) in [7, 11) is 0. The van der Waals surface area contributed by atoms with Crippen molar-refractivity contribution >= 4 is 11.6 Å². The number of aryl methyl sites for hydroxylation is 1. The van der Waals surface area contributed by atoms with Crippen molar-refractivity contribution in [3.8, 4) is 17.2 Å². The van der Waals surface area contributed by atoms with Gasteiger partial charge in [0.05, 0.1) is 11.6 Å². The van der Waals surface area contributed by atoms with Crippen molar-refractivity contribution in [3.63, 3.8) is 0 Å². The first-order valence-corrected chi connectivity index (χ1v) is 11.6. The van der Waals surface area contributed by atoms with Gasteiger partial charge >= 0.3 is 0 Å². The monoisotopic (exact) mass is 438 g/mol. The number of rotatable bonds is 7. The first-order valence-electron chi connectivity index (χ1n) is 11.6. The van der Waals surface area contributed by atoms with E-state index in [1.54, 1.807) is 6.07 Å². The quantitative estimate of drug-likeness (QED) is 0.553. The Morgan fingerprint density at radius 3 is 2.42 bits per heavy atom. The van der Waals surface area contributed by atoms with Gasteiger partial charge in [0.25, 0.3) is 5.91 Å². The van der Waals surface area contributed by atoms with Crippen LogP contribution in [0.1, 0.15) is 27.9 Å². The van der Waals surface area contributed by atoms with E-state index in [0.29, 0.717) is 17.7 Å². The van der Waals surface area contributed by atoms with E-state index in [1.807, 2.05) is 42.5 Å². The van der Waals surface area contributed by atoms with E-state index in [-0.39, 0.29) is 5.91 Å². The molecule has 3 aromatic rings. The number of amides is 1. The number of anilines is 1. The number of benzene rings is 3. The smallest absolute Gasteiger partial charge is 0.251 e. The Bertz CT molecular complexity index is 1140. The molecule has 1 heterocycles. The average Bonchev–Trinajstić information content (AvgIpc) is 2.87. The zero-order valence-corrected chi connectivity index (χ0v) is 19.1. The van der Waals surface area contributed by atoms with Crippen molar-refractivity contribution in [1.29, 1.82) is 5.26 Å². The summed E-state index contributed by atoms with van der Waals surface area (Å²) in [4.78, 5) is 17.8. The minimum absolute atomic E-state index is 0.0948. The predicted octanol–water partition coefficient (Wildman–Crippen LogP) is 4.48. The predicted molar refractivity (Wildman–Crippen MR) is 133 cm³/mol. The van der Waals surface area contributed by atoms with Gasteiger partial charge in [-0.3, -0.25) is 9.69 Å². The van der Waals surface area contributed by atoms with Gasteiger partial charge in [-0.2, -0.15) is 5.26 Å². The number of nitrogens with zero attached hydrogens (tertiary/aromatic N) is 3. The maximum Gasteiger partial charge on any atom is 0.251 e. The van der Waals surface area contributed by atoms with E-state index in [9.17, 15) is 10.1 Å². The zero-order chi connectivity index (χ0) is 23.0. The van der Waals surface area contributed by atoms with Crippen LogP contribution in [0.5, 0.6) is 0 Å². The highest BCUT2D eigenvalue weighted by Gasteiger charge is 2.18. The molecule has 3 aromatic carbocycles. The fourth-order valence-corrected chi connectivity index (χ4v) is 4.39. The highest BCUT2D eigenvalue weighted by molar-refractivity contribution is 6.01. The van der Waals surface area contributed by atoms with Crippen LogP contribution in [0, 0.1) is 18.3 Å². The van der Waals surface area contributed by atoms with Gasteiger partial charge < -0.3 is 10.2 Å². The molecule has 5 nitrogen and oxygen atoms in total. The van der Waals surface area contributed by atoms with E-state index in [0.717, 1.165) is 50.3 Å². The number of nitriles is 1. The number of piperazine rings is 1. The molecule has 1 saturated heterocycles. The fraction of sp³-hybridized carbons (Fsp3) is 0.286. The van der Waals surface area contributed by atoms with Crippen LogP contribution in [0.3, 0.4) is 0 Å². The molecule has 1 fully saturated rings. The van der Waals surface area contributed by atoms with Gasteiger partial charge in [0.15, 0.2) is 0 Å². The van der Waals surface area contributed by atoms with Crippen LogP contribution in [0.15, 0.2) is 72.8 Å².